The molecule has 48 heavy (non-hydrogen) atoms. The highest BCUT2D eigenvalue weighted by molar-refractivity contribution is 5.93. The molecule has 0 saturated carbocycles. The van der Waals surface area contributed by atoms with Crippen LogP contribution in [0, 0.1) is 11.8 Å². The van der Waals surface area contributed by atoms with Gasteiger partial charge in [0.25, 0.3) is 0 Å². The molecule has 0 aromatic heterocycles. The Kier molecular flexibility index (Phi) is 11.7. The van der Waals surface area contributed by atoms with Gasteiger partial charge in [-0.3, -0.25) is 0 Å². The smallest absolute Gasteiger partial charge is 0.341 e. The van der Waals surface area contributed by atoms with E-state index in [2.05, 4.69) is 18.8 Å². The van der Waals surface area contributed by atoms with Gasteiger partial charge in [0.15, 0.2) is 6.10 Å². The summed E-state index contributed by atoms with van der Waals surface area (Å²) in [5, 5.41) is 0. The summed E-state index contributed by atoms with van der Waals surface area (Å²) >= 11 is 0. The summed E-state index contributed by atoms with van der Waals surface area (Å²) in [6, 6.07) is 31.4. The number of esters is 4. The van der Waals surface area contributed by atoms with Crippen molar-refractivity contribution in [2.24, 2.45) is 0 Å². The van der Waals surface area contributed by atoms with Crippen LogP contribution in [0.15, 0.2) is 115 Å². The first-order chi connectivity index (χ1) is 23.4. The SMILES string of the molecule is CCCCC#Cc1ccccc1C(=O)O[C@@H]1O[C@H](COC(=O)c2ccccc2)C(OC(=O)c2ccccc2)C1OC(=O)c1ccccc1. The van der Waals surface area contributed by atoms with Gasteiger partial charge >= 0.3 is 23.9 Å². The number of unbranched alkanes of at least 4 members (excludes halogenated alkanes) is 2. The average molecular weight is 647 g/mol. The molecule has 0 amide bonds. The van der Waals surface area contributed by atoms with E-state index in [0.717, 1.165) is 12.8 Å². The number of carbonyl (C=O) groups is 4. The summed E-state index contributed by atoms with van der Waals surface area (Å²) in [6.07, 6.45) is -2.92. The second kappa shape index (κ2) is 16.7. The molecular formula is C39H34O9. The first-order valence-corrected chi connectivity index (χ1v) is 15.6. The monoisotopic (exact) mass is 646 g/mol. The molecule has 0 spiro atoms. The fourth-order valence-electron chi connectivity index (χ4n) is 4.90. The summed E-state index contributed by atoms with van der Waals surface area (Å²) in [7, 11) is 0. The molecule has 0 N–H and O–H groups in total. The molecule has 0 radical (unpaired) electrons. The lowest BCUT2D eigenvalue weighted by Gasteiger charge is -2.24. The third-order valence-corrected chi connectivity index (χ3v) is 7.41. The Bertz CT molecular complexity index is 1760. The van der Waals surface area contributed by atoms with Crippen molar-refractivity contribution in [1.82, 2.24) is 0 Å². The summed E-state index contributed by atoms with van der Waals surface area (Å²) in [5.74, 6) is 3.14. The average Bonchev–Trinajstić information content (AvgIpc) is 3.44. The molecule has 1 heterocycles. The molecule has 0 bridgehead atoms. The van der Waals surface area contributed by atoms with Gasteiger partial charge in [-0.2, -0.15) is 0 Å². The van der Waals surface area contributed by atoms with Crippen molar-refractivity contribution in [2.75, 3.05) is 6.61 Å². The quantitative estimate of drug-likeness (QED) is 0.0788. The minimum atomic E-state index is -1.54. The predicted octanol–water partition coefficient (Wildman–Crippen LogP) is 6.42. The maximum absolute atomic E-state index is 13.6. The first-order valence-electron chi connectivity index (χ1n) is 15.6. The zero-order valence-corrected chi connectivity index (χ0v) is 26.3. The Hall–Kier alpha value is -5.72. The highest BCUT2D eigenvalue weighted by Gasteiger charge is 2.52. The van der Waals surface area contributed by atoms with Crippen LogP contribution < -0.4 is 0 Å². The predicted molar refractivity (Wildman–Crippen MR) is 175 cm³/mol. The van der Waals surface area contributed by atoms with Gasteiger partial charge < -0.3 is 23.7 Å². The van der Waals surface area contributed by atoms with Gasteiger partial charge in [0, 0.05) is 12.0 Å². The first kappa shape index (κ1) is 33.6. The van der Waals surface area contributed by atoms with Crippen LogP contribution in [0.25, 0.3) is 0 Å². The topological polar surface area (TPSA) is 114 Å². The molecule has 4 aromatic rings. The molecule has 2 unspecified atom stereocenters. The van der Waals surface area contributed by atoms with Crippen molar-refractivity contribution >= 4 is 23.9 Å². The molecule has 4 atom stereocenters. The van der Waals surface area contributed by atoms with Crippen LogP contribution in [0.3, 0.4) is 0 Å². The molecular weight excluding hydrogens is 612 g/mol. The van der Waals surface area contributed by atoms with Crippen molar-refractivity contribution in [2.45, 2.75) is 50.8 Å². The lowest BCUT2D eigenvalue weighted by Crippen LogP contribution is -2.43. The van der Waals surface area contributed by atoms with Gasteiger partial charge in [-0.25, -0.2) is 19.2 Å². The maximum Gasteiger partial charge on any atom is 0.341 e. The van der Waals surface area contributed by atoms with E-state index in [-0.39, 0.29) is 16.7 Å². The van der Waals surface area contributed by atoms with Gasteiger partial charge in [0.2, 0.25) is 12.4 Å². The highest BCUT2D eigenvalue weighted by atomic mass is 16.8. The number of rotatable bonds is 11. The Morgan fingerprint density at radius 2 is 1.15 bits per heavy atom. The fourth-order valence-corrected chi connectivity index (χ4v) is 4.90. The van der Waals surface area contributed by atoms with E-state index in [1.165, 1.54) is 0 Å². The van der Waals surface area contributed by atoms with Crippen molar-refractivity contribution < 1.29 is 42.9 Å². The lowest BCUT2D eigenvalue weighted by molar-refractivity contribution is -0.141. The molecule has 1 aliphatic rings. The molecule has 9 heteroatoms. The van der Waals surface area contributed by atoms with Crippen LogP contribution in [0.4, 0.5) is 0 Å². The second-order valence-electron chi connectivity index (χ2n) is 10.8. The molecule has 1 fully saturated rings. The van der Waals surface area contributed by atoms with Crippen molar-refractivity contribution in [1.29, 1.82) is 0 Å². The fraction of sp³-hybridized carbons (Fsp3) is 0.231. The van der Waals surface area contributed by atoms with Gasteiger partial charge in [0.05, 0.1) is 22.3 Å². The largest absolute Gasteiger partial charge is 0.459 e. The van der Waals surface area contributed by atoms with E-state index in [4.69, 9.17) is 23.7 Å². The minimum absolute atomic E-state index is 0.176. The summed E-state index contributed by atoms with van der Waals surface area (Å²) in [4.78, 5) is 53.1. The van der Waals surface area contributed by atoms with E-state index in [9.17, 15) is 19.2 Å². The summed E-state index contributed by atoms with van der Waals surface area (Å²) in [6.45, 7) is 1.66. The zero-order chi connectivity index (χ0) is 33.7. The third-order valence-electron chi connectivity index (χ3n) is 7.41. The van der Waals surface area contributed by atoms with Gasteiger partial charge in [-0.15, -0.1) is 0 Å². The third kappa shape index (κ3) is 8.75. The van der Waals surface area contributed by atoms with E-state index in [1.54, 1.807) is 115 Å². The Labute approximate surface area is 278 Å². The molecule has 9 nitrogen and oxygen atoms in total. The van der Waals surface area contributed by atoms with Crippen molar-refractivity contribution in [3.8, 4) is 11.8 Å². The van der Waals surface area contributed by atoms with E-state index in [0.29, 0.717) is 17.5 Å². The van der Waals surface area contributed by atoms with Gasteiger partial charge in [0.1, 0.15) is 12.7 Å². The molecule has 4 aromatic carbocycles. The second-order valence-corrected chi connectivity index (χ2v) is 10.8. The van der Waals surface area contributed by atoms with Gasteiger partial charge in [-0.1, -0.05) is 91.9 Å². The molecule has 1 aliphatic heterocycles. The van der Waals surface area contributed by atoms with Crippen molar-refractivity contribution in [3.63, 3.8) is 0 Å². The Morgan fingerprint density at radius 3 is 1.73 bits per heavy atom. The van der Waals surface area contributed by atoms with Gasteiger partial charge in [-0.05, 0) is 55.0 Å². The summed E-state index contributed by atoms with van der Waals surface area (Å²) in [5.41, 5.74) is 1.36. The van der Waals surface area contributed by atoms with Crippen LogP contribution in [-0.4, -0.2) is 55.1 Å². The van der Waals surface area contributed by atoms with Crippen LogP contribution in [-0.2, 0) is 23.7 Å². The Balaban J connectivity index is 1.45. The molecule has 5 rings (SSSR count). The van der Waals surface area contributed by atoms with E-state index in [1.807, 2.05) is 0 Å². The number of ether oxygens (including phenoxy) is 5. The number of carbonyl (C=O) groups excluding carboxylic acids is 4. The van der Waals surface area contributed by atoms with E-state index >= 15 is 0 Å². The highest BCUT2D eigenvalue weighted by Crippen LogP contribution is 2.31. The number of hydrogen-bond donors (Lipinski definition) is 0. The number of hydrogen-bond acceptors (Lipinski definition) is 9. The van der Waals surface area contributed by atoms with Crippen LogP contribution >= 0.6 is 0 Å². The molecule has 244 valence electrons. The normalized spacial score (nSPS) is 18.1. The standard InChI is InChI=1S/C39H34O9/c1-2-3-4-8-17-27-18-15-16-25-31(27)38(43)48-39-34(47-37(42)30-23-13-7-14-24-30)33(46-36(41)29-21-11-6-12-22-29)32(45-39)26-44-35(40)28-19-9-5-10-20-28/h5-7,9-16,18-25,32-34,39H,2-4,26H2,1H3/t32-,33?,34?,39+/m1/s1. The molecule has 0 aliphatic carbocycles. The summed E-state index contributed by atoms with van der Waals surface area (Å²) < 4.78 is 29.2. The van der Waals surface area contributed by atoms with Crippen molar-refractivity contribution in [3.05, 3.63) is 143 Å². The number of benzene rings is 4. The van der Waals surface area contributed by atoms with E-state index < -0.39 is 55.1 Å². The minimum Gasteiger partial charge on any atom is -0.459 e. The lowest BCUT2D eigenvalue weighted by atomic mass is 10.1. The Morgan fingerprint density at radius 1 is 0.625 bits per heavy atom. The maximum atomic E-state index is 13.6. The van der Waals surface area contributed by atoms with Crippen LogP contribution in [0.2, 0.25) is 0 Å². The zero-order valence-electron chi connectivity index (χ0n) is 26.3. The molecule has 1 saturated heterocycles. The van der Waals surface area contributed by atoms with Crippen LogP contribution in [0.1, 0.15) is 73.2 Å². The van der Waals surface area contributed by atoms with Crippen LogP contribution in [0.5, 0.6) is 0 Å².